The monoisotopic (exact) mass is 233 g/mol. The summed E-state index contributed by atoms with van der Waals surface area (Å²) >= 11 is 0. The molecule has 0 bridgehead atoms. The molecule has 0 aromatic rings. The predicted molar refractivity (Wildman–Crippen MR) is 49.1 cm³/mol. The van der Waals surface area contributed by atoms with Crippen molar-refractivity contribution in [3.8, 4) is 0 Å². The highest BCUT2D eigenvalue weighted by atomic mass is 31.2. The van der Waals surface area contributed by atoms with Gasteiger partial charge in [-0.2, -0.15) is 0 Å². The Morgan fingerprint density at radius 2 is 1.64 bits per heavy atom. The molecule has 0 amide bonds. The van der Waals surface area contributed by atoms with Gasteiger partial charge in [0.15, 0.2) is 0 Å². The SMILES string of the molecule is [CH2]C([CH2])=[C][C][C]P(=O)(O)[C]P(=O)(O)O. The van der Waals surface area contributed by atoms with Crippen LogP contribution in [0.3, 0.4) is 0 Å². The zero-order valence-electron chi connectivity index (χ0n) is 6.97. The Labute approximate surface area is 83.5 Å². The first-order valence-corrected chi connectivity index (χ1v) is 6.37. The van der Waals surface area contributed by atoms with E-state index in [4.69, 9.17) is 14.7 Å². The molecule has 1 unspecified atom stereocenters. The Kier molecular flexibility index (Phi) is 5.27. The summed E-state index contributed by atoms with van der Waals surface area (Å²) in [5, 5.41) is 0. The summed E-state index contributed by atoms with van der Waals surface area (Å²) in [6, 6.07) is 0. The van der Waals surface area contributed by atoms with E-state index in [9.17, 15) is 9.13 Å². The van der Waals surface area contributed by atoms with Gasteiger partial charge in [0.1, 0.15) is 0 Å². The van der Waals surface area contributed by atoms with Crippen molar-refractivity contribution in [3.63, 3.8) is 0 Å². The lowest BCUT2D eigenvalue weighted by Crippen LogP contribution is -1.86. The van der Waals surface area contributed by atoms with E-state index in [1.165, 1.54) is 5.90 Å². The van der Waals surface area contributed by atoms with Crippen LogP contribution in [0.25, 0.3) is 0 Å². The van der Waals surface area contributed by atoms with Crippen LogP contribution < -0.4 is 0 Å². The van der Waals surface area contributed by atoms with Crippen LogP contribution in [0.4, 0.5) is 0 Å². The van der Waals surface area contributed by atoms with Crippen LogP contribution in [0.2, 0.25) is 0 Å². The highest BCUT2D eigenvalue weighted by Gasteiger charge is 2.31. The smallest absolute Gasteiger partial charge is 0.343 e. The molecule has 0 rings (SSSR count). The van der Waals surface area contributed by atoms with Crippen molar-refractivity contribution >= 4 is 15.0 Å². The van der Waals surface area contributed by atoms with Crippen molar-refractivity contribution in [2.24, 2.45) is 0 Å². The van der Waals surface area contributed by atoms with Gasteiger partial charge >= 0.3 is 7.60 Å². The minimum Gasteiger partial charge on any atom is -0.343 e. The lowest BCUT2D eigenvalue weighted by atomic mass is 10.3. The van der Waals surface area contributed by atoms with Crippen LogP contribution in [-0.4, -0.2) is 14.7 Å². The lowest BCUT2D eigenvalue weighted by Gasteiger charge is -2.07. The second-order valence-corrected chi connectivity index (χ2v) is 5.45. The van der Waals surface area contributed by atoms with E-state index in [0.717, 1.165) is 0 Å². The van der Waals surface area contributed by atoms with Gasteiger partial charge in [0, 0.05) is 6.42 Å². The summed E-state index contributed by atoms with van der Waals surface area (Å²) < 4.78 is 21.2. The minimum absolute atomic E-state index is 0.189. The Bertz CT molecular complexity index is 299. The normalized spacial score (nSPS) is 16.1. The van der Waals surface area contributed by atoms with Gasteiger partial charge in [0.25, 0.3) is 0 Å². The molecular formula is C7H7O5P2. The molecule has 0 aliphatic rings. The van der Waals surface area contributed by atoms with Gasteiger partial charge in [-0.3, -0.25) is 9.13 Å². The average Bonchev–Trinajstić information content (AvgIpc) is 1.78. The first kappa shape index (κ1) is 14.1. The number of allylic oxidation sites excluding steroid dienone is 2. The molecule has 0 saturated heterocycles. The maximum Gasteiger partial charge on any atom is 0.345 e. The standard InChI is InChI=1S/C7H7O5P2/c1-7(2)4-3-5-13(8,9)6-14(10,11)12/h1-2H2,(H,8,9)(H2,10,11,12). The fraction of sp³-hybridized carbons (Fsp3) is 0. The van der Waals surface area contributed by atoms with Crippen LogP contribution in [0, 0.1) is 38.4 Å². The molecule has 1 atom stereocenters. The summed E-state index contributed by atoms with van der Waals surface area (Å²) in [4.78, 5) is 25.5. The molecule has 0 aromatic heterocycles. The van der Waals surface area contributed by atoms with Gasteiger partial charge in [-0.25, -0.2) is 0 Å². The van der Waals surface area contributed by atoms with Crippen LogP contribution in [0.15, 0.2) is 5.57 Å². The van der Waals surface area contributed by atoms with Crippen LogP contribution in [0.5, 0.6) is 0 Å². The highest BCUT2D eigenvalue weighted by Crippen LogP contribution is 2.61. The van der Waals surface area contributed by atoms with Crippen LogP contribution in [-0.2, 0) is 9.13 Å². The van der Waals surface area contributed by atoms with Gasteiger partial charge in [-0.1, -0.05) is 5.57 Å². The molecule has 0 spiro atoms. The number of hydrogen-bond acceptors (Lipinski definition) is 2. The third-order valence-electron chi connectivity index (χ3n) is 0.713. The van der Waals surface area contributed by atoms with E-state index in [0.29, 0.717) is 0 Å². The molecule has 0 aliphatic heterocycles. The third kappa shape index (κ3) is 8.67. The van der Waals surface area contributed by atoms with E-state index >= 15 is 0 Å². The number of hydrogen-bond donors (Lipinski definition) is 3. The van der Waals surface area contributed by atoms with Crippen molar-refractivity contribution in [2.75, 3.05) is 0 Å². The Morgan fingerprint density at radius 1 is 1.14 bits per heavy atom. The maximum atomic E-state index is 10.9. The van der Waals surface area contributed by atoms with E-state index in [-0.39, 0.29) is 5.57 Å². The van der Waals surface area contributed by atoms with E-state index in [2.05, 4.69) is 19.9 Å². The van der Waals surface area contributed by atoms with Gasteiger partial charge in [-0.15, -0.1) is 0 Å². The molecule has 75 valence electrons. The summed E-state index contributed by atoms with van der Waals surface area (Å²) in [5.41, 5.74) is 0.189. The topological polar surface area (TPSA) is 94.8 Å². The van der Waals surface area contributed by atoms with Crippen LogP contribution in [0.1, 0.15) is 0 Å². The molecule has 0 saturated carbocycles. The fourth-order valence-corrected chi connectivity index (χ4v) is 2.21. The molecule has 0 fully saturated rings. The Morgan fingerprint density at radius 3 is 2.00 bits per heavy atom. The van der Waals surface area contributed by atoms with Crippen molar-refractivity contribution < 1.29 is 23.8 Å². The minimum atomic E-state index is -4.78. The second kappa shape index (κ2) is 5.24. The molecule has 5 nitrogen and oxygen atoms in total. The zero-order chi connectivity index (χ0) is 11.4. The zero-order valence-corrected chi connectivity index (χ0v) is 8.76. The first-order chi connectivity index (χ1) is 6.12. The Balaban J connectivity index is 4.17. The average molecular weight is 233 g/mol. The van der Waals surface area contributed by atoms with E-state index in [1.807, 2.05) is 6.42 Å². The van der Waals surface area contributed by atoms with Gasteiger partial charge in [-0.05, 0) is 19.9 Å². The lowest BCUT2D eigenvalue weighted by molar-refractivity contribution is 0.382. The second-order valence-electron chi connectivity index (χ2n) is 2.19. The van der Waals surface area contributed by atoms with Gasteiger partial charge in [0.2, 0.25) is 13.3 Å². The van der Waals surface area contributed by atoms with Crippen molar-refractivity contribution in [1.82, 2.24) is 0 Å². The maximum absolute atomic E-state index is 10.9. The van der Waals surface area contributed by atoms with Crippen molar-refractivity contribution in [3.05, 3.63) is 44.0 Å². The summed E-state index contributed by atoms with van der Waals surface area (Å²) in [6.45, 7) is 6.56. The van der Waals surface area contributed by atoms with Crippen molar-refractivity contribution in [2.45, 2.75) is 0 Å². The predicted octanol–water partition coefficient (Wildman–Crippen LogP) is 0.949. The quantitative estimate of drug-likeness (QED) is 0.614. The number of rotatable bonds is 5. The molecule has 9 radical (unpaired) electrons. The fourth-order valence-electron chi connectivity index (χ4n) is 0.394. The molecule has 0 aromatic carbocycles. The summed E-state index contributed by atoms with van der Waals surface area (Å²) in [7, 11) is -9.16. The van der Waals surface area contributed by atoms with Crippen LogP contribution >= 0.6 is 15.0 Å². The molecule has 0 aliphatic carbocycles. The molecule has 14 heavy (non-hydrogen) atoms. The van der Waals surface area contributed by atoms with E-state index < -0.39 is 15.0 Å². The third-order valence-corrected chi connectivity index (χ3v) is 3.25. The molecule has 7 heteroatoms. The summed E-state index contributed by atoms with van der Waals surface area (Å²) in [5.74, 6) is 1.18. The first-order valence-electron chi connectivity index (χ1n) is 3.09. The van der Waals surface area contributed by atoms with E-state index in [1.54, 1.807) is 6.16 Å². The Hall–Kier alpha value is 0.0800. The van der Waals surface area contributed by atoms with Crippen molar-refractivity contribution in [1.29, 1.82) is 0 Å². The van der Waals surface area contributed by atoms with Gasteiger partial charge in [0.05, 0.1) is 6.16 Å². The molecule has 0 heterocycles. The summed E-state index contributed by atoms with van der Waals surface area (Å²) in [6.07, 6.45) is 5.85. The largest absolute Gasteiger partial charge is 0.345 e. The van der Waals surface area contributed by atoms with Gasteiger partial charge < -0.3 is 14.7 Å². The molecular weight excluding hydrogens is 226 g/mol. The highest BCUT2D eigenvalue weighted by molar-refractivity contribution is 7.77. The molecule has 3 N–H and O–H groups in total.